The van der Waals surface area contributed by atoms with Crippen LogP contribution in [-0.4, -0.2) is 96.2 Å². The van der Waals surface area contributed by atoms with Crippen LogP contribution in [0.3, 0.4) is 0 Å². The smallest absolute Gasteiger partial charge is 0.236 e. The number of guanidine groups is 1. The number of hydrogen-bond acceptors (Lipinski definition) is 4. The van der Waals surface area contributed by atoms with Crippen molar-refractivity contribution in [2.24, 2.45) is 4.99 Å². The second-order valence-electron chi connectivity index (χ2n) is 8.31. The minimum Gasteiger partial charge on any atom is -0.388 e. The van der Waals surface area contributed by atoms with Crippen molar-refractivity contribution < 1.29 is 9.90 Å². The zero-order valence-electron chi connectivity index (χ0n) is 17.4. The highest BCUT2D eigenvalue weighted by molar-refractivity contribution is 14.0. The van der Waals surface area contributed by atoms with Gasteiger partial charge in [0.2, 0.25) is 5.91 Å². The molecule has 0 atom stereocenters. The summed E-state index contributed by atoms with van der Waals surface area (Å²) in [4.78, 5) is 23.8. The number of carbonyl (C=O) groups is 1. The molecule has 0 radical (unpaired) electrons. The fourth-order valence-electron chi connectivity index (χ4n) is 4.39. The molecule has 0 unspecified atom stereocenters. The first-order valence-corrected chi connectivity index (χ1v) is 10.9. The number of aliphatic imine (C=N–C) groups is 1. The van der Waals surface area contributed by atoms with Crippen molar-refractivity contribution in [3.63, 3.8) is 0 Å². The van der Waals surface area contributed by atoms with Crippen molar-refractivity contribution >= 4 is 35.8 Å². The molecule has 1 aliphatic carbocycles. The van der Waals surface area contributed by atoms with Gasteiger partial charge in [0.1, 0.15) is 0 Å². The first kappa shape index (κ1) is 23.7. The molecule has 3 aliphatic rings. The van der Waals surface area contributed by atoms with Gasteiger partial charge >= 0.3 is 0 Å². The second-order valence-corrected chi connectivity index (χ2v) is 8.31. The van der Waals surface area contributed by atoms with Gasteiger partial charge in [-0.1, -0.05) is 12.8 Å². The van der Waals surface area contributed by atoms with E-state index < -0.39 is 5.60 Å². The highest BCUT2D eigenvalue weighted by Gasteiger charge is 2.31. The van der Waals surface area contributed by atoms with Gasteiger partial charge in [0.25, 0.3) is 0 Å². The molecule has 2 N–H and O–H groups in total. The van der Waals surface area contributed by atoms with E-state index in [0.29, 0.717) is 13.1 Å². The molecule has 2 heterocycles. The third-order valence-electron chi connectivity index (χ3n) is 6.13. The minimum atomic E-state index is -0.608. The van der Waals surface area contributed by atoms with Crippen LogP contribution < -0.4 is 5.32 Å². The standard InChI is InChI=1S/C20H37N5O2.HI/c1-2-21-19(22-17-20(27)8-4-5-9-20)25-14-12-23(13-15-25)16-18(26)24-10-6-3-7-11-24;/h27H,2-17H2,1H3,(H,21,22);1H. The average molecular weight is 507 g/mol. The normalized spacial score (nSPS) is 23.4. The molecule has 1 saturated carbocycles. The van der Waals surface area contributed by atoms with Crippen LogP contribution in [0.25, 0.3) is 0 Å². The summed E-state index contributed by atoms with van der Waals surface area (Å²) in [6, 6.07) is 0. The number of likely N-dealkylation sites (tertiary alicyclic amines) is 1. The number of nitrogens with one attached hydrogen (secondary N) is 1. The van der Waals surface area contributed by atoms with Crippen LogP contribution >= 0.6 is 24.0 Å². The Morgan fingerprint density at radius 3 is 2.21 bits per heavy atom. The van der Waals surface area contributed by atoms with Crippen molar-refractivity contribution in [1.82, 2.24) is 20.0 Å². The van der Waals surface area contributed by atoms with Gasteiger partial charge in [-0.15, -0.1) is 24.0 Å². The maximum atomic E-state index is 12.5. The van der Waals surface area contributed by atoms with E-state index in [4.69, 9.17) is 4.99 Å². The van der Waals surface area contributed by atoms with E-state index in [9.17, 15) is 9.90 Å². The molecular formula is C20H38IN5O2. The zero-order valence-corrected chi connectivity index (χ0v) is 19.7. The fraction of sp³-hybridized carbons (Fsp3) is 0.900. The Morgan fingerprint density at radius 2 is 1.61 bits per heavy atom. The van der Waals surface area contributed by atoms with Crippen molar-refractivity contribution in [3.8, 4) is 0 Å². The Labute approximate surface area is 186 Å². The lowest BCUT2D eigenvalue weighted by atomic mass is 10.0. The monoisotopic (exact) mass is 507 g/mol. The highest BCUT2D eigenvalue weighted by atomic mass is 127. The number of hydrogen-bond donors (Lipinski definition) is 2. The number of nitrogens with zero attached hydrogens (tertiary/aromatic N) is 4. The summed E-state index contributed by atoms with van der Waals surface area (Å²) in [7, 11) is 0. The lowest BCUT2D eigenvalue weighted by Gasteiger charge is -2.37. The predicted octanol–water partition coefficient (Wildman–Crippen LogP) is 1.51. The molecule has 8 heteroatoms. The van der Waals surface area contributed by atoms with E-state index >= 15 is 0 Å². The van der Waals surface area contributed by atoms with E-state index in [2.05, 4.69) is 22.0 Å². The quantitative estimate of drug-likeness (QED) is 0.336. The summed E-state index contributed by atoms with van der Waals surface area (Å²) >= 11 is 0. The topological polar surface area (TPSA) is 71.4 Å². The Bertz CT molecular complexity index is 511. The van der Waals surface area contributed by atoms with Crippen LogP contribution in [0.4, 0.5) is 0 Å². The van der Waals surface area contributed by atoms with Crippen LogP contribution in [0.5, 0.6) is 0 Å². The molecule has 0 aromatic rings. The number of halogens is 1. The molecule has 0 spiro atoms. The van der Waals surface area contributed by atoms with E-state index in [1.807, 2.05) is 4.90 Å². The lowest BCUT2D eigenvalue weighted by molar-refractivity contribution is -0.133. The maximum absolute atomic E-state index is 12.5. The molecule has 0 aromatic carbocycles. The Morgan fingerprint density at radius 1 is 0.964 bits per heavy atom. The van der Waals surface area contributed by atoms with Crippen LogP contribution in [0.15, 0.2) is 4.99 Å². The van der Waals surface area contributed by atoms with Gasteiger partial charge in [-0.05, 0) is 39.0 Å². The molecule has 7 nitrogen and oxygen atoms in total. The van der Waals surface area contributed by atoms with Gasteiger partial charge < -0.3 is 20.2 Å². The molecule has 1 amide bonds. The third-order valence-corrected chi connectivity index (χ3v) is 6.13. The van der Waals surface area contributed by atoms with Crippen LogP contribution in [0.1, 0.15) is 51.9 Å². The number of aliphatic hydroxyl groups is 1. The Kier molecular flexibility index (Phi) is 9.76. The van der Waals surface area contributed by atoms with E-state index in [1.54, 1.807) is 0 Å². The lowest BCUT2D eigenvalue weighted by Crippen LogP contribution is -2.54. The maximum Gasteiger partial charge on any atom is 0.236 e. The van der Waals surface area contributed by atoms with Gasteiger partial charge in [-0.3, -0.25) is 14.7 Å². The molecule has 28 heavy (non-hydrogen) atoms. The summed E-state index contributed by atoms with van der Waals surface area (Å²) in [5.41, 5.74) is -0.608. The Hall–Kier alpha value is -0.610. The molecule has 0 bridgehead atoms. The van der Waals surface area contributed by atoms with Crippen molar-refractivity contribution in [1.29, 1.82) is 0 Å². The average Bonchev–Trinajstić information content (AvgIpc) is 3.13. The number of rotatable bonds is 5. The number of amides is 1. The Balaban J connectivity index is 0.00000280. The van der Waals surface area contributed by atoms with E-state index in [0.717, 1.165) is 90.3 Å². The van der Waals surface area contributed by atoms with Gasteiger partial charge in [0.15, 0.2) is 5.96 Å². The first-order valence-electron chi connectivity index (χ1n) is 10.9. The van der Waals surface area contributed by atoms with E-state index in [-0.39, 0.29) is 29.9 Å². The van der Waals surface area contributed by atoms with Crippen LogP contribution in [0, 0.1) is 0 Å². The van der Waals surface area contributed by atoms with Crippen molar-refractivity contribution in [3.05, 3.63) is 0 Å². The van der Waals surface area contributed by atoms with Crippen molar-refractivity contribution in [2.75, 3.05) is 58.9 Å². The van der Waals surface area contributed by atoms with Gasteiger partial charge in [0.05, 0.1) is 18.7 Å². The predicted molar refractivity (Wildman–Crippen MR) is 123 cm³/mol. The van der Waals surface area contributed by atoms with Gasteiger partial charge in [-0.25, -0.2) is 0 Å². The minimum absolute atomic E-state index is 0. The number of piperidine rings is 1. The second kappa shape index (κ2) is 11.5. The summed E-state index contributed by atoms with van der Waals surface area (Å²) in [6.45, 7) is 9.30. The summed E-state index contributed by atoms with van der Waals surface area (Å²) in [6.07, 6.45) is 7.48. The molecule has 2 saturated heterocycles. The third kappa shape index (κ3) is 6.73. The molecule has 3 rings (SSSR count). The number of carbonyl (C=O) groups excluding carboxylic acids is 1. The van der Waals surface area contributed by atoms with Crippen LogP contribution in [0.2, 0.25) is 0 Å². The first-order chi connectivity index (χ1) is 13.1. The summed E-state index contributed by atoms with van der Waals surface area (Å²) in [5, 5.41) is 13.9. The molecule has 0 aromatic heterocycles. The van der Waals surface area contributed by atoms with Gasteiger partial charge in [0, 0.05) is 45.8 Å². The van der Waals surface area contributed by atoms with E-state index in [1.165, 1.54) is 6.42 Å². The molecular weight excluding hydrogens is 469 g/mol. The SMILES string of the molecule is CCNC(=NCC1(O)CCCC1)N1CCN(CC(=O)N2CCCCC2)CC1.I. The summed E-state index contributed by atoms with van der Waals surface area (Å²) in [5.74, 6) is 1.19. The number of piperazine rings is 1. The largest absolute Gasteiger partial charge is 0.388 e. The van der Waals surface area contributed by atoms with Crippen LogP contribution in [-0.2, 0) is 4.79 Å². The molecule has 3 fully saturated rings. The fourth-order valence-corrected chi connectivity index (χ4v) is 4.39. The molecule has 162 valence electrons. The highest BCUT2D eigenvalue weighted by Crippen LogP contribution is 2.29. The summed E-state index contributed by atoms with van der Waals surface area (Å²) < 4.78 is 0. The molecule has 2 aliphatic heterocycles. The van der Waals surface area contributed by atoms with Crippen molar-refractivity contribution in [2.45, 2.75) is 57.5 Å². The zero-order chi connectivity index (χ0) is 19.1. The van der Waals surface area contributed by atoms with Gasteiger partial charge in [-0.2, -0.15) is 0 Å².